The lowest BCUT2D eigenvalue weighted by Gasteiger charge is -2.29. The van der Waals surface area contributed by atoms with Crippen molar-refractivity contribution >= 4 is 34.0 Å². The molecule has 0 bridgehead atoms. The third-order valence-corrected chi connectivity index (χ3v) is 4.25. The summed E-state index contributed by atoms with van der Waals surface area (Å²) in [6.45, 7) is 6.84. The molecule has 2 aromatic rings. The molecule has 0 atom stereocenters. The first-order valence-electron chi connectivity index (χ1n) is 8.05. The summed E-state index contributed by atoms with van der Waals surface area (Å²) in [5.74, 6) is 0. The van der Waals surface area contributed by atoms with Crippen LogP contribution in [0.15, 0.2) is 36.5 Å². The highest BCUT2D eigenvalue weighted by atomic mass is 35.5. The van der Waals surface area contributed by atoms with E-state index in [1.54, 1.807) is 11.1 Å². The Bertz CT molecular complexity index is 809. The van der Waals surface area contributed by atoms with Crippen LogP contribution >= 0.6 is 11.6 Å². The molecule has 0 aliphatic carbocycles. The number of amides is 1. The molecule has 1 aromatic heterocycles. The summed E-state index contributed by atoms with van der Waals surface area (Å²) in [4.78, 5) is 18.0. The second-order valence-corrected chi connectivity index (χ2v) is 7.30. The van der Waals surface area contributed by atoms with E-state index in [1.165, 1.54) is 5.57 Å². The summed E-state index contributed by atoms with van der Waals surface area (Å²) in [6, 6.07) is 8.16. The third-order valence-electron chi connectivity index (χ3n) is 3.95. The van der Waals surface area contributed by atoms with Crippen molar-refractivity contribution in [1.82, 2.24) is 9.88 Å². The zero-order chi connectivity index (χ0) is 17.3. The largest absolute Gasteiger partial charge is 0.444 e. The van der Waals surface area contributed by atoms with Crippen LogP contribution in [0.5, 0.6) is 0 Å². The van der Waals surface area contributed by atoms with Crippen LogP contribution in [0.2, 0.25) is 5.15 Å². The van der Waals surface area contributed by atoms with Crippen molar-refractivity contribution in [2.75, 3.05) is 13.1 Å². The summed E-state index contributed by atoms with van der Waals surface area (Å²) in [6.07, 6.45) is 4.33. The average molecular weight is 345 g/mol. The lowest BCUT2D eigenvalue weighted by atomic mass is 9.97. The predicted molar refractivity (Wildman–Crippen MR) is 97.2 cm³/mol. The van der Waals surface area contributed by atoms with Gasteiger partial charge >= 0.3 is 6.09 Å². The van der Waals surface area contributed by atoms with Gasteiger partial charge in [-0.1, -0.05) is 29.8 Å². The summed E-state index contributed by atoms with van der Waals surface area (Å²) in [7, 11) is 0. The number of fused-ring (bicyclic) bond motifs is 1. The van der Waals surface area contributed by atoms with Crippen molar-refractivity contribution in [2.45, 2.75) is 32.8 Å². The first kappa shape index (κ1) is 16.8. The number of carbonyl (C=O) groups is 1. The highest BCUT2D eigenvalue weighted by Crippen LogP contribution is 2.28. The van der Waals surface area contributed by atoms with E-state index in [4.69, 9.17) is 16.3 Å². The molecule has 0 radical (unpaired) electrons. The molecule has 126 valence electrons. The van der Waals surface area contributed by atoms with Gasteiger partial charge in [-0.15, -0.1) is 0 Å². The summed E-state index contributed by atoms with van der Waals surface area (Å²) in [5.41, 5.74) is 1.88. The second-order valence-electron chi connectivity index (χ2n) is 6.94. The fourth-order valence-electron chi connectivity index (χ4n) is 2.76. The molecule has 24 heavy (non-hydrogen) atoms. The Labute approximate surface area is 147 Å². The van der Waals surface area contributed by atoms with E-state index < -0.39 is 5.60 Å². The fraction of sp³-hybridized carbons (Fsp3) is 0.368. The van der Waals surface area contributed by atoms with Crippen molar-refractivity contribution in [3.05, 3.63) is 47.3 Å². The van der Waals surface area contributed by atoms with Gasteiger partial charge in [0, 0.05) is 24.7 Å². The number of hydrogen-bond acceptors (Lipinski definition) is 3. The standard InChI is InChI=1S/C19H21ClN2O2/c1-19(2,3)24-18(23)22-10-7-13(8-11-22)15-5-4-14-6-9-21-17(20)16(14)12-15/h4-7,9,12H,8,10-11H2,1-3H3. The molecule has 1 aliphatic heterocycles. The first-order valence-corrected chi connectivity index (χ1v) is 8.43. The number of pyridine rings is 1. The molecule has 3 rings (SSSR count). The summed E-state index contributed by atoms with van der Waals surface area (Å²) >= 11 is 6.19. The number of benzene rings is 1. The van der Waals surface area contributed by atoms with Crippen molar-refractivity contribution in [1.29, 1.82) is 0 Å². The van der Waals surface area contributed by atoms with Gasteiger partial charge in [-0.2, -0.15) is 0 Å². The molecular weight excluding hydrogens is 324 g/mol. The van der Waals surface area contributed by atoms with Gasteiger partial charge in [0.25, 0.3) is 0 Å². The van der Waals surface area contributed by atoms with Crippen LogP contribution < -0.4 is 0 Å². The van der Waals surface area contributed by atoms with E-state index >= 15 is 0 Å². The Balaban J connectivity index is 1.78. The molecule has 1 amide bonds. The lowest BCUT2D eigenvalue weighted by molar-refractivity contribution is 0.0270. The van der Waals surface area contributed by atoms with Gasteiger partial charge in [-0.3, -0.25) is 0 Å². The Morgan fingerprint density at radius 3 is 2.75 bits per heavy atom. The maximum atomic E-state index is 12.1. The molecule has 0 saturated heterocycles. The number of ether oxygens (including phenoxy) is 1. The van der Waals surface area contributed by atoms with E-state index in [9.17, 15) is 4.79 Å². The maximum Gasteiger partial charge on any atom is 0.410 e. The molecule has 1 aromatic carbocycles. The van der Waals surface area contributed by atoms with Crippen LogP contribution in [-0.4, -0.2) is 34.7 Å². The van der Waals surface area contributed by atoms with E-state index in [-0.39, 0.29) is 6.09 Å². The van der Waals surface area contributed by atoms with Gasteiger partial charge in [0.2, 0.25) is 0 Å². The number of halogens is 1. The molecule has 0 fully saturated rings. The van der Waals surface area contributed by atoms with Crippen LogP contribution in [0.1, 0.15) is 32.8 Å². The van der Waals surface area contributed by atoms with Gasteiger partial charge in [-0.25, -0.2) is 9.78 Å². The van der Waals surface area contributed by atoms with Gasteiger partial charge < -0.3 is 9.64 Å². The minimum Gasteiger partial charge on any atom is -0.444 e. The monoisotopic (exact) mass is 344 g/mol. The van der Waals surface area contributed by atoms with E-state index in [2.05, 4.69) is 29.3 Å². The predicted octanol–water partition coefficient (Wildman–Crippen LogP) is 4.91. The highest BCUT2D eigenvalue weighted by molar-refractivity contribution is 6.34. The molecule has 1 aliphatic rings. The number of nitrogens with zero attached hydrogens (tertiary/aromatic N) is 2. The molecular formula is C19H21ClN2O2. The molecule has 0 unspecified atom stereocenters. The molecule has 0 saturated carbocycles. The Morgan fingerprint density at radius 2 is 2.08 bits per heavy atom. The van der Waals surface area contributed by atoms with Crippen LogP contribution in [0, 0.1) is 0 Å². The maximum absolute atomic E-state index is 12.1. The molecule has 2 heterocycles. The first-order chi connectivity index (χ1) is 11.3. The fourth-order valence-corrected chi connectivity index (χ4v) is 2.98. The molecule has 4 nitrogen and oxygen atoms in total. The van der Waals surface area contributed by atoms with Crippen LogP contribution in [-0.2, 0) is 4.74 Å². The number of aromatic nitrogens is 1. The van der Waals surface area contributed by atoms with Crippen molar-refractivity contribution in [3.63, 3.8) is 0 Å². The van der Waals surface area contributed by atoms with Crippen LogP contribution in [0.25, 0.3) is 16.3 Å². The lowest BCUT2D eigenvalue weighted by Crippen LogP contribution is -2.39. The smallest absolute Gasteiger partial charge is 0.410 e. The van der Waals surface area contributed by atoms with Gasteiger partial charge in [0.05, 0.1) is 0 Å². The van der Waals surface area contributed by atoms with E-state index in [0.29, 0.717) is 18.2 Å². The highest BCUT2D eigenvalue weighted by Gasteiger charge is 2.23. The SMILES string of the molecule is CC(C)(C)OC(=O)N1CC=C(c2ccc3ccnc(Cl)c3c2)CC1. The zero-order valence-corrected chi connectivity index (χ0v) is 14.9. The number of carbonyl (C=O) groups excluding carboxylic acids is 1. The van der Waals surface area contributed by atoms with Crippen molar-refractivity contribution < 1.29 is 9.53 Å². The topological polar surface area (TPSA) is 42.4 Å². The average Bonchev–Trinajstić information content (AvgIpc) is 2.53. The minimum absolute atomic E-state index is 0.261. The van der Waals surface area contributed by atoms with Gasteiger partial charge in [0.1, 0.15) is 10.8 Å². The zero-order valence-electron chi connectivity index (χ0n) is 14.2. The Hall–Kier alpha value is -2.07. The number of rotatable bonds is 1. The van der Waals surface area contributed by atoms with Gasteiger partial charge in [-0.05, 0) is 55.8 Å². The van der Waals surface area contributed by atoms with E-state index in [0.717, 1.165) is 22.8 Å². The number of hydrogen-bond donors (Lipinski definition) is 0. The van der Waals surface area contributed by atoms with Crippen molar-refractivity contribution in [3.8, 4) is 0 Å². The van der Waals surface area contributed by atoms with Crippen LogP contribution in [0.4, 0.5) is 4.79 Å². The van der Waals surface area contributed by atoms with Gasteiger partial charge in [0.15, 0.2) is 0 Å². The van der Waals surface area contributed by atoms with Crippen molar-refractivity contribution in [2.24, 2.45) is 0 Å². The molecule has 0 N–H and O–H groups in total. The summed E-state index contributed by atoms with van der Waals surface area (Å²) in [5, 5.41) is 2.54. The normalized spacial score (nSPS) is 15.3. The summed E-state index contributed by atoms with van der Waals surface area (Å²) < 4.78 is 5.42. The third kappa shape index (κ3) is 3.70. The Kier molecular flexibility index (Phi) is 4.50. The minimum atomic E-state index is -0.469. The molecule has 0 spiro atoms. The quantitative estimate of drug-likeness (QED) is 0.690. The molecule has 5 heteroatoms. The van der Waals surface area contributed by atoms with E-state index in [1.807, 2.05) is 26.8 Å². The van der Waals surface area contributed by atoms with Crippen LogP contribution in [0.3, 0.4) is 0 Å². The Morgan fingerprint density at radius 1 is 1.29 bits per heavy atom. The second kappa shape index (κ2) is 6.44.